The van der Waals surface area contributed by atoms with Gasteiger partial charge >= 0.3 is 6.18 Å². The van der Waals surface area contributed by atoms with E-state index in [0.717, 1.165) is 43.6 Å². The van der Waals surface area contributed by atoms with E-state index in [1.54, 1.807) is 19.4 Å². The molecule has 4 aromatic heterocycles. The van der Waals surface area contributed by atoms with Crippen LogP contribution in [0.25, 0.3) is 27.6 Å². The van der Waals surface area contributed by atoms with Crippen LogP contribution in [0, 0.1) is 0 Å². The summed E-state index contributed by atoms with van der Waals surface area (Å²) >= 11 is 1.45. The topological polar surface area (TPSA) is 93.5 Å². The van der Waals surface area contributed by atoms with Gasteiger partial charge in [0.2, 0.25) is 0 Å². The number of hydrogen-bond acceptors (Lipinski definition) is 8. The van der Waals surface area contributed by atoms with Gasteiger partial charge in [-0.2, -0.15) is 23.4 Å². The molecule has 1 N–H and O–H groups in total. The normalized spacial score (nSPS) is 21.2. The predicted molar refractivity (Wildman–Crippen MR) is 135 cm³/mol. The molecule has 2 fully saturated rings. The third kappa shape index (κ3) is 4.78. The lowest BCUT2D eigenvalue weighted by Crippen LogP contribution is -2.56. The number of ether oxygens (including phenoxy) is 2. The van der Waals surface area contributed by atoms with Crippen LogP contribution in [0.1, 0.15) is 42.0 Å². The highest BCUT2D eigenvalue weighted by Gasteiger charge is 2.36. The zero-order chi connectivity index (χ0) is 26.4. The van der Waals surface area contributed by atoms with Crippen molar-refractivity contribution in [3.8, 4) is 27.7 Å². The highest BCUT2D eigenvalue weighted by atomic mass is 32.1. The SMILES string of the molecule is COc1cc(-c2n[nH]c(-c3ncc(C4CCC(N5CC(OC)C5)CC4)s3)c2CC(F)(F)F)cn2ncnc12. The highest BCUT2D eigenvalue weighted by Crippen LogP contribution is 2.42. The van der Waals surface area contributed by atoms with Gasteiger partial charge in [-0.15, -0.1) is 11.3 Å². The van der Waals surface area contributed by atoms with E-state index < -0.39 is 12.6 Å². The van der Waals surface area contributed by atoms with Crippen LogP contribution in [0.2, 0.25) is 0 Å². The van der Waals surface area contributed by atoms with Gasteiger partial charge in [-0.3, -0.25) is 10.00 Å². The summed E-state index contributed by atoms with van der Waals surface area (Å²) in [5.41, 5.74) is 1.45. The van der Waals surface area contributed by atoms with Gasteiger partial charge in [0.25, 0.3) is 0 Å². The Morgan fingerprint density at radius 2 is 1.92 bits per heavy atom. The molecule has 1 saturated heterocycles. The molecule has 9 nitrogen and oxygen atoms in total. The first-order valence-corrected chi connectivity index (χ1v) is 13.4. The summed E-state index contributed by atoms with van der Waals surface area (Å²) < 4.78 is 53.4. The number of H-pyrrole nitrogens is 1. The minimum Gasteiger partial charge on any atom is -0.493 e. The minimum atomic E-state index is -4.42. The van der Waals surface area contributed by atoms with E-state index in [2.05, 4.69) is 30.2 Å². The van der Waals surface area contributed by atoms with E-state index in [-0.39, 0.29) is 11.3 Å². The number of likely N-dealkylation sites (tertiary alicyclic amines) is 1. The lowest BCUT2D eigenvalue weighted by atomic mass is 9.83. The molecule has 0 amide bonds. The Morgan fingerprint density at radius 3 is 2.63 bits per heavy atom. The van der Waals surface area contributed by atoms with Gasteiger partial charge in [-0.05, 0) is 37.7 Å². The Balaban J connectivity index is 1.26. The molecule has 6 rings (SSSR count). The maximum Gasteiger partial charge on any atom is 0.393 e. The molecular formula is C25H28F3N7O2S. The standard InChI is InChI=1S/C25H28F3N7O2S/c1-36-17-11-34(12-17)16-5-3-14(4-6-16)20-9-29-24(38-20)22-18(8-25(26,27)28)21(32-33-22)15-7-19(37-2)23-30-13-31-35(23)10-15/h7,9-10,13-14,16-17H,3-6,8,11-12H2,1-2H3,(H,32,33). The summed E-state index contributed by atoms with van der Waals surface area (Å²) in [4.78, 5) is 12.3. The highest BCUT2D eigenvalue weighted by molar-refractivity contribution is 7.15. The van der Waals surface area contributed by atoms with Crippen molar-refractivity contribution in [1.29, 1.82) is 0 Å². The Bertz CT molecular complexity index is 1420. The first-order valence-electron chi connectivity index (χ1n) is 12.6. The third-order valence-electron chi connectivity index (χ3n) is 7.64. The monoisotopic (exact) mass is 547 g/mol. The molecule has 1 saturated carbocycles. The van der Waals surface area contributed by atoms with Gasteiger partial charge < -0.3 is 9.47 Å². The largest absolute Gasteiger partial charge is 0.493 e. The Morgan fingerprint density at radius 1 is 1.13 bits per heavy atom. The van der Waals surface area contributed by atoms with Crippen LogP contribution in [0.4, 0.5) is 13.2 Å². The smallest absolute Gasteiger partial charge is 0.393 e. The van der Waals surface area contributed by atoms with Gasteiger partial charge in [-0.1, -0.05) is 0 Å². The van der Waals surface area contributed by atoms with E-state index in [1.807, 2.05) is 6.20 Å². The molecule has 0 bridgehead atoms. The van der Waals surface area contributed by atoms with E-state index in [1.165, 1.54) is 29.3 Å². The van der Waals surface area contributed by atoms with E-state index in [4.69, 9.17) is 9.47 Å². The molecule has 4 aromatic rings. The summed E-state index contributed by atoms with van der Waals surface area (Å²) in [6, 6.07) is 2.21. The van der Waals surface area contributed by atoms with Crippen molar-refractivity contribution in [3.05, 3.63) is 35.2 Å². The van der Waals surface area contributed by atoms with Crippen molar-refractivity contribution >= 4 is 17.0 Å². The molecular weight excluding hydrogens is 519 g/mol. The van der Waals surface area contributed by atoms with Gasteiger partial charge in [0.15, 0.2) is 11.4 Å². The second-order valence-electron chi connectivity index (χ2n) is 9.93. The molecule has 5 heterocycles. The zero-order valence-electron chi connectivity index (χ0n) is 21.0. The average molecular weight is 548 g/mol. The Kier molecular flexibility index (Phi) is 6.60. The number of fused-ring (bicyclic) bond motifs is 1. The number of rotatable bonds is 7. The quantitative estimate of drug-likeness (QED) is 0.358. The molecule has 2 aliphatic rings. The van der Waals surface area contributed by atoms with Crippen molar-refractivity contribution in [2.45, 2.75) is 56.3 Å². The van der Waals surface area contributed by atoms with E-state index in [0.29, 0.717) is 45.7 Å². The Labute approximate surface area is 221 Å². The maximum absolute atomic E-state index is 13.7. The maximum atomic E-state index is 13.7. The molecule has 0 radical (unpaired) electrons. The second-order valence-corrected chi connectivity index (χ2v) is 11.0. The van der Waals surface area contributed by atoms with Crippen molar-refractivity contribution in [3.63, 3.8) is 0 Å². The lowest BCUT2D eigenvalue weighted by Gasteiger charge is -2.45. The summed E-state index contributed by atoms with van der Waals surface area (Å²) in [6.45, 7) is 1.99. The number of thiazole rings is 1. The summed E-state index contributed by atoms with van der Waals surface area (Å²) in [5.74, 6) is 0.759. The number of aromatic amines is 1. The summed E-state index contributed by atoms with van der Waals surface area (Å²) in [6.07, 6.45) is 3.86. The zero-order valence-corrected chi connectivity index (χ0v) is 21.8. The summed E-state index contributed by atoms with van der Waals surface area (Å²) in [7, 11) is 3.24. The number of nitrogens with zero attached hydrogens (tertiary/aromatic N) is 6. The number of methoxy groups -OCH3 is 2. The van der Waals surface area contributed by atoms with Gasteiger partial charge in [0, 0.05) is 54.6 Å². The van der Waals surface area contributed by atoms with Crippen LogP contribution >= 0.6 is 11.3 Å². The molecule has 0 unspecified atom stereocenters. The van der Waals surface area contributed by atoms with Gasteiger partial charge in [0.1, 0.15) is 11.3 Å². The van der Waals surface area contributed by atoms with Gasteiger partial charge in [0.05, 0.1) is 31.0 Å². The van der Waals surface area contributed by atoms with Crippen molar-refractivity contribution in [2.75, 3.05) is 27.3 Å². The summed E-state index contributed by atoms with van der Waals surface area (Å²) in [5, 5.41) is 11.8. The van der Waals surface area contributed by atoms with Gasteiger partial charge in [-0.25, -0.2) is 14.5 Å². The number of pyridine rings is 1. The number of halogens is 3. The number of alkyl halides is 3. The fourth-order valence-corrected chi connectivity index (χ4v) is 6.67. The predicted octanol–water partition coefficient (Wildman–Crippen LogP) is 4.71. The van der Waals surface area contributed by atoms with Crippen LogP contribution in [-0.4, -0.2) is 80.3 Å². The number of aromatic nitrogens is 6. The van der Waals surface area contributed by atoms with Crippen LogP contribution in [0.15, 0.2) is 24.8 Å². The third-order valence-corrected chi connectivity index (χ3v) is 8.82. The van der Waals surface area contributed by atoms with Crippen LogP contribution in [-0.2, 0) is 11.2 Å². The average Bonchev–Trinajstić information content (AvgIpc) is 3.62. The van der Waals surface area contributed by atoms with Crippen LogP contribution in [0.5, 0.6) is 5.75 Å². The molecule has 0 atom stereocenters. The minimum absolute atomic E-state index is 0.0501. The fourth-order valence-electron chi connectivity index (χ4n) is 5.56. The lowest BCUT2D eigenvalue weighted by molar-refractivity contribution is -0.127. The van der Waals surface area contributed by atoms with Crippen molar-refractivity contribution < 1.29 is 22.6 Å². The number of nitrogens with one attached hydrogen (secondary N) is 1. The van der Waals surface area contributed by atoms with Crippen molar-refractivity contribution in [2.24, 2.45) is 0 Å². The van der Waals surface area contributed by atoms with E-state index >= 15 is 0 Å². The molecule has 0 aromatic carbocycles. The van der Waals surface area contributed by atoms with Crippen molar-refractivity contribution in [1.82, 2.24) is 34.7 Å². The van der Waals surface area contributed by atoms with E-state index in [9.17, 15) is 13.2 Å². The molecule has 1 aliphatic carbocycles. The molecule has 13 heteroatoms. The number of hydrogen-bond donors (Lipinski definition) is 1. The molecule has 202 valence electrons. The molecule has 1 aliphatic heterocycles. The first kappa shape index (κ1) is 25.3. The Hall–Kier alpha value is -3.03. The first-order chi connectivity index (χ1) is 18.3. The molecule has 38 heavy (non-hydrogen) atoms. The second kappa shape index (κ2) is 9.93. The van der Waals surface area contributed by atoms with Crippen LogP contribution in [0.3, 0.4) is 0 Å². The fraction of sp³-hybridized carbons (Fsp3) is 0.520. The van der Waals surface area contributed by atoms with Crippen LogP contribution < -0.4 is 4.74 Å². The molecule has 0 spiro atoms.